The highest BCUT2D eigenvalue weighted by Crippen LogP contribution is 2.11. The lowest BCUT2D eigenvalue weighted by molar-refractivity contribution is -0.161. The molecular formula is C43H70O5. The lowest BCUT2D eigenvalue weighted by Crippen LogP contribution is -2.28. The van der Waals surface area contributed by atoms with E-state index in [0.29, 0.717) is 12.8 Å². The largest absolute Gasteiger partial charge is 0.462 e. The highest BCUT2D eigenvalue weighted by atomic mass is 16.6. The third-order valence-corrected chi connectivity index (χ3v) is 7.70. The molecule has 5 nitrogen and oxygen atoms in total. The Morgan fingerprint density at radius 2 is 0.896 bits per heavy atom. The summed E-state index contributed by atoms with van der Waals surface area (Å²) in [5, 5.41) is 9.51. The molecule has 0 amide bonds. The van der Waals surface area contributed by atoms with Gasteiger partial charge in [-0.15, -0.1) is 0 Å². The Labute approximate surface area is 295 Å². The van der Waals surface area contributed by atoms with Crippen molar-refractivity contribution >= 4 is 11.9 Å². The number of hydrogen-bond acceptors (Lipinski definition) is 5. The number of carbonyl (C=O) groups excluding carboxylic acids is 2. The van der Waals surface area contributed by atoms with Crippen LogP contribution in [0.5, 0.6) is 0 Å². The molecule has 0 aromatic rings. The molecular weight excluding hydrogens is 596 g/mol. The zero-order valence-corrected chi connectivity index (χ0v) is 30.7. The third kappa shape index (κ3) is 35.9. The van der Waals surface area contributed by atoms with Gasteiger partial charge in [-0.2, -0.15) is 0 Å². The zero-order chi connectivity index (χ0) is 35.0. The summed E-state index contributed by atoms with van der Waals surface area (Å²) in [5.41, 5.74) is 0. The number of rotatable bonds is 33. The molecule has 0 aliphatic rings. The second kappa shape index (κ2) is 38.5. The van der Waals surface area contributed by atoms with E-state index in [1.54, 1.807) is 0 Å². The minimum atomic E-state index is -0.790. The smallest absolute Gasteiger partial charge is 0.306 e. The Hall–Kier alpha value is -2.92. The summed E-state index contributed by atoms with van der Waals surface area (Å²) in [6, 6.07) is 0. The first-order chi connectivity index (χ1) is 23.6. The third-order valence-electron chi connectivity index (χ3n) is 7.70. The Morgan fingerprint density at radius 3 is 1.35 bits per heavy atom. The highest BCUT2D eigenvalue weighted by molar-refractivity contribution is 5.70. The van der Waals surface area contributed by atoms with Crippen LogP contribution in [0.2, 0.25) is 0 Å². The fourth-order valence-corrected chi connectivity index (χ4v) is 4.83. The topological polar surface area (TPSA) is 72.8 Å². The van der Waals surface area contributed by atoms with Crippen LogP contribution in [0.1, 0.15) is 155 Å². The van der Waals surface area contributed by atoms with E-state index in [4.69, 9.17) is 9.47 Å². The molecule has 0 radical (unpaired) electrons. The van der Waals surface area contributed by atoms with Crippen molar-refractivity contribution < 1.29 is 24.2 Å². The monoisotopic (exact) mass is 667 g/mol. The summed E-state index contributed by atoms with van der Waals surface area (Å²) in [6.07, 6.45) is 52.2. The van der Waals surface area contributed by atoms with Gasteiger partial charge >= 0.3 is 11.9 Å². The lowest BCUT2D eigenvalue weighted by Gasteiger charge is -2.15. The molecule has 0 saturated carbocycles. The van der Waals surface area contributed by atoms with E-state index in [2.05, 4.69) is 98.9 Å². The van der Waals surface area contributed by atoms with Crippen molar-refractivity contribution in [2.75, 3.05) is 13.2 Å². The van der Waals surface area contributed by atoms with Gasteiger partial charge in [-0.05, 0) is 70.6 Å². The standard InChI is InChI=1S/C43H70O5/c1-3-5-7-9-11-13-14-15-16-17-18-19-20-21-22-23-24-25-26-27-28-30-32-34-36-38-43(46)48-41(39-44)40-47-42(45)37-35-33-31-29-12-10-8-6-4-2/h5,7,11,13,15-16,18-19,21-22,24-25,27-28,41,44H,3-4,6,8-10,12,14,17,20,23,26,29-40H2,1-2H3/b7-5-,13-11-,16-15-,19-18-,22-21-,25-24-,28-27-. The van der Waals surface area contributed by atoms with Gasteiger partial charge in [0.05, 0.1) is 6.61 Å². The van der Waals surface area contributed by atoms with Crippen LogP contribution in [0.15, 0.2) is 85.1 Å². The zero-order valence-electron chi connectivity index (χ0n) is 30.7. The van der Waals surface area contributed by atoms with Gasteiger partial charge in [0.25, 0.3) is 0 Å². The molecule has 5 heteroatoms. The van der Waals surface area contributed by atoms with Gasteiger partial charge in [0.1, 0.15) is 6.61 Å². The first kappa shape index (κ1) is 45.1. The van der Waals surface area contributed by atoms with Gasteiger partial charge < -0.3 is 14.6 Å². The summed E-state index contributed by atoms with van der Waals surface area (Å²) in [6.45, 7) is 3.95. The molecule has 0 bridgehead atoms. The van der Waals surface area contributed by atoms with Crippen molar-refractivity contribution in [3.63, 3.8) is 0 Å². The minimum absolute atomic E-state index is 0.0833. The maximum Gasteiger partial charge on any atom is 0.306 e. The quantitative estimate of drug-likeness (QED) is 0.0429. The molecule has 48 heavy (non-hydrogen) atoms. The molecule has 1 unspecified atom stereocenters. The molecule has 0 aromatic heterocycles. The van der Waals surface area contributed by atoms with Crippen LogP contribution >= 0.6 is 0 Å². The summed E-state index contributed by atoms with van der Waals surface area (Å²) < 4.78 is 10.5. The van der Waals surface area contributed by atoms with Crippen molar-refractivity contribution in [1.29, 1.82) is 0 Å². The molecule has 272 valence electrons. The average molecular weight is 667 g/mol. The Kier molecular flexibility index (Phi) is 36.2. The number of ether oxygens (including phenoxy) is 2. The average Bonchev–Trinajstić information content (AvgIpc) is 3.09. The van der Waals surface area contributed by atoms with Gasteiger partial charge in [0, 0.05) is 12.8 Å². The summed E-state index contributed by atoms with van der Waals surface area (Å²) in [7, 11) is 0. The number of carbonyl (C=O) groups is 2. The number of aliphatic hydroxyl groups is 1. The van der Waals surface area contributed by atoms with Crippen molar-refractivity contribution in [3.05, 3.63) is 85.1 Å². The van der Waals surface area contributed by atoms with Gasteiger partial charge in [-0.3, -0.25) is 9.59 Å². The van der Waals surface area contributed by atoms with Crippen LogP contribution in [0.4, 0.5) is 0 Å². The molecule has 1 N–H and O–H groups in total. The van der Waals surface area contributed by atoms with E-state index in [0.717, 1.165) is 89.9 Å². The van der Waals surface area contributed by atoms with Gasteiger partial charge in [-0.1, -0.05) is 157 Å². The first-order valence-corrected chi connectivity index (χ1v) is 19.1. The summed E-state index contributed by atoms with van der Waals surface area (Å²) in [5.74, 6) is -0.640. The number of hydrogen-bond donors (Lipinski definition) is 1. The first-order valence-electron chi connectivity index (χ1n) is 19.1. The van der Waals surface area contributed by atoms with E-state index in [1.807, 2.05) is 0 Å². The van der Waals surface area contributed by atoms with Gasteiger partial charge in [-0.25, -0.2) is 0 Å². The molecule has 0 saturated heterocycles. The van der Waals surface area contributed by atoms with Crippen LogP contribution in [-0.4, -0.2) is 36.4 Å². The number of allylic oxidation sites excluding steroid dienone is 14. The minimum Gasteiger partial charge on any atom is -0.462 e. The van der Waals surface area contributed by atoms with Crippen LogP contribution < -0.4 is 0 Å². The Balaban J connectivity index is 3.70. The SMILES string of the molecule is CC/C=C\C/C=C\C/C=C\C/C=C\C/C=C\C/C=C\C/C=C\CCCCCC(=O)OC(CO)COC(=O)CCCCCCCCCCC. The van der Waals surface area contributed by atoms with Gasteiger partial charge in [0.2, 0.25) is 0 Å². The maximum absolute atomic E-state index is 12.1. The lowest BCUT2D eigenvalue weighted by atomic mass is 10.1. The number of esters is 2. The van der Waals surface area contributed by atoms with E-state index in [-0.39, 0.29) is 25.2 Å². The van der Waals surface area contributed by atoms with Crippen LogP contribution in [0.25, 0.3) is 0 Å². The number of aliphatic hydroxyl groups excluding tert-OH is 1. The predicted octanol–water partition coefficient (Wildman–Crippen LogP) is 11.9. The van der Waals surface area contributed by atoms with Crippen molar-refractivity contribution in [2.45, 2.75) is 161 Å². The second-order valence-electron chi connectivity index (χ2n) is 12.3. The summed E-state index contributed by atoms with van der Waals surface area (Å²) in [4.78, 5) is 24.1. The summed E-state index contributed by atoms with van der Waals surface area (Å²) >= 11 is 0. The molecule has 0 aromatic carbocycles. The van der Waals surface area contributed by atoms with Gasteiger partial charge in [0.15, 0.2) is 6.10 Å². The fraction of sp³-hybridized carbons (Fsp3) is 0.628. The fourth-order valence-electron chi connectivity index (χ4n) is 4.83. The molecule has 0 heterocycles. The van der Waals surface area contributed by atoms with Crippen LogP contribution in [-0.2, 0) is 19.1 Å². The van der Waals surface area contributed by atoms with Crippen LogP contribution in [0, 0.1) is 0 Å². The molecule has 0 rings (SSSR count). The predicted molar refractivity (Wildman–Crippen MR) is 205 cm³/mol. The van der Waals surface area contributed by atoms with E-state index in [9.17, 15) is 14.7 Å². The van der Waals surface area contributed by atoms with E-state index >= 15 is 0 Å². The van der Waals surface area contributed by atoms with Crippen LogP contribution in [0.3, 0.4) is 0 Å². The molecule has 0 fully saturated rings. The number of unbranched alkanes of at least 4 members (excludes halogenated alkanes) is 11. The molecule has 0 spiro atoms. The maximum atomic E-state index is 12.1. The van der Waals surface area contributed by atoms with Crippen molar-refractivity contribution in [2.24, 2.45) is 0 Å². The van der Waals surface area contributed by atoms with Crippen molar-refractivity contribution in [1.82, 2.24) is 0 Å². The highest BCUT2D eigenvalue weighted by Gasteiger charge is 2.16. The molecule has 0 aliphatic heterocycles. The van der Waals surface area contributed by atoms with Crippen molar-refractivity contribution in [3.8, 4) is 0 Å². The molecule has 0 aliphatic carbocycles. The Morgan fingerprint density at radius 1 is 0.500 bits per heavy atom. The molecule has 1 atom stereocenters. The van der Waals surface area contributed by atoms with E-state index < -0.39 is 6.10 Å². The normalized spacial score (nSPS) is 13.1. The van der Waals surface area contributed by atoms with E-state index in [1.165, 1.54) is 38.5 Å². The second-order valence-corrected chi connectivity index (χ2v) is 12.3. The Bertz CT molecular complexity index is 937.